The number of para-hydroxylation sites is 4. The average Bonchev–Trinajstić information content (AvgIpc) is 3.13. The van der Waals surface area contributed by atoms with Gasteiger partial charge in [0.25, 0.3) is 0 Å². The number of carboxylic acids is 1. The Balaban J connectivity index is 1.87. The van der Waals surface area contributed by atoms with Crippen LogP contribution in [0, 0.1) is 11.3 Å². The molecule has 0 spiro atoms. The third kappa shape index (κ3) is 5.74. The molecule has 0 aliphatic carbocycles. The minimum Gasteiger partial charge on any atom is -0.497 e. The number of rotatable bonds is 11. The van der Waals surface area contributed by atoms with Crippen LogP contribution >= 0.6 is 0 Å². The molecule has 4 N–H and O–H groups in total. The molecule has 1 aliphatic heterocycles. The molecule has 11 heteroatoms. The number of amides is 4. The Morgan fingerprint density at radius 1 is 0.812 bits per heavy atom. The smallest absolute Gasteiger partial charge is 0.304 e. The highest BCUT2D eigenvalue weighted by Gasteiger charge is 2.62. The van der Waals surface area contributed by atoms with E-state index in [1.807, 2.05) is 0 Å². The van der Waals surface area contributed by atoms with Crippen molar-refractivity contribution >= 4 is 52.3 Å². The van der Waals surface area contributed by atoms with Crippen molar-refractivity contribution in [2.45, 2.75) is 32.2 Å². The second-order valence-corrected chi connectivity index (χ2v) is 11.9. The van der Waals surface area contributed by atoms with Crippen LogP contribution in [0.25, 0.3) is 0 Å². The predicted octanol–water partition coefficient (Wildman–Crippen LogP) is 5.23. The summed E-state index contributed by atoms with van der Waals surface area (Å²) < 4.78 is 5.33. The van der Waals surface area contributed by atoms with Crippen LogP contribution in [0.2, 0.25) is 0 Å². The normalized spacial score (nSPS) is 17.2. The number of nitrogens with one attached hydrogen (secondary N) is 1. The lowest BCUT2D eigenvalue weighted by Gasteiger charge is -2.46. The fourth-order valence-corrected chi connectivity index (χ4v) is 6.49. The molecule has 4 amide bonds. The van der Waals surface area contributed by atoms with E-state index < -0.39 is 59.3 Å². The Bertz CT molecular complexity index is 1850. The molecule has 0 bridgehead atoms. The molecule has 4 aromatic rings. The quantitative estimate of drug-likeness (QED) is 0.188. The SMILES string of the molecule is COc1ccc(C(C(N)=O)(C(C)C)N2C(=O)C(CC(=O)O)(CC(=O)Nc3ccccc3)C(=O)N(c3ccccc3)c3ccccc32)cc1. The fourth-order valence-electron chi connectivity index (χ4n) is 6.49. The van der Waals surface area contributed by atoms with Gasteiger partial charge in [-0.1, -0.05) is 74.5 Å². The number of carbonyl (C=O) groups is 5. The summed E-state index contributed by atoms with van der Waals surface area (Å²) in [5, 5.41) is 13.0. The maximum atomic E-state index is 15.5. The fraction of sp³-hybridized carbons (Fsp3) is 0.216. The van der Waals surface area contributed by atoms with Crippen molar-refractivity contribution in [3.63, 3.8) is 0 Å². The van der Waals surface area contributed by atoms with Gasteiger partial charge in [-0.3, -0.25) is 33.8 Å². The standard InChI is InChI=1S/C37H36N4O7/c1-24(2)37(33(38)45,25-18-20-28(48-3)21-19-25)41-30-17-11-10-16-29(30)40(27-14-8-5-9-15-27)34(46)36(35(41)47,23-32(43)44)22-31(42)39-26-12-6-4-7-13-26/h4-21,24H,22-23H2,1-3H3,(H2,38,45)(H,39,42)(H,43,44). The molecule has 0 fully saturated rings. The highest BCUT2D eigenvalue weighted by molar-refractivity contribution is 6.27. The third-order valence-electron chi connectivity index (χ3n) is 8.67. The zero-order valence-corrected chi connectivity index (χ0v) is 26.8. The first-order valence-corrected chi connectivity index (χ1v) is 15.3. The Hall–Kier alpha value is -5.97. The van der Waals surface area contributed by atoms with Crippen LogP contribution in [0.3, 0.4) is 0 Å². The van der Waals surface area contributed by atoms with E-state index in [9.17, 15) is 19.5 Å². The van der Waals surface area contributed by atoms with Gasteiger partial charge in [0.1, 0.15) is 11.2 Å². The summed E-state index contributed by atoms with van der Waals surface area (Å²) in [6.07, 6.45) is -1.91. The molecule has 0 saturated heterocycles. The van der Waals surface area contributed by atoms with E-state index >= 15 is 9.59 Å². The zero-order valence-electron chi connectivity index (χ0n) is 26.8. The van der Waals surface area contributed by atoms with E-state index in [0.29, 0.717) is 22.7 Å². The topological polar surface area (TPSA) is 159 Å². The first-order valence-electron chi connectivity index (χ1n) is 15.3. The number of methoxy groups -OCH3 is 1. The summed E-state index contributed by atoms with van der Waals surface area (Å²) in [7, 11) is 1.48. The molecule has 4 aromatic carbocycles. The van der Waals surface area contributed by atoms with Gasteiger partial charge in [0.05, 0.1) is 31.3 Å². The van der Waals surface area contributed by atoms with Gasteiger partial charge in [0.2, 0.25) is 23.6 Å². The lowest BCUT2D eigenvalue weighted by atomic mass is 9.72. The average molecular weight is 649 g/mol. The molecule has 5 rings (SSSR count). The van der Waals surface area contributed by atoms with Crippen LogP contribution in [-0.4, -0.2) is 41.8 Å². The molecule has 246 valence electrons. The molecule has 48 heavy (non-hydrogen) atoms. The molecule has 2 atom stereocenters. The van der Waals surface area contributed by atoms with Crippen LogP contribution in [0.5, 0.6) is 5.75 Å². The molecule has 1 heterocycles. The minimum absolute atomic E-state index is 0.124. The first kappa shape index (κ1) is 33.4. The number of carbonyl (C=O) groups excluding carboxylic acids is 4. The number of fused-ring (bicyclic) bond motifs is 1. The van der Waals surface area contributed by atoms with E-state index in [1.165, 1.54) is 12.0 Å². The number of primary amides is 1. The zero-order chi connectivity index (χ0) is 34.6. The maximum Gasteiger partial charge on any atom is 0.304 e. The molecule has 11 nitrogen and oxygen atoms in total. The summed E-state index contributed by atoms with van der Waals surface area (Å²) in [6, 6.07) is 29.7. The van der Waals surface area contributed by atoms with Crippen molar-refractivity contribution in [3.8, 4) is 5.75 Å². The second-order valence-electron chi connectivity index (χ2n) is 11.9. The molecule has 0 radical (unpaired) electrons. The summed E-state index contributed by atoms with van der Waals surface area (Å²) in [5.41, 5.74) is 3.10. The molecular weight excluding hydrogens is 612 g/mol. The van der Waals surface area contributed by atoms with Gasteiger partial charge >= 0.3 is 5.97 Å². The maximum absolute atomic E-state index is 15.5. The predicted molar refractivity (Wildman–Crippen MR) is 181 cm³/mol. The Labute approximate surface area is 277 Å². The molecular formula is C37H36N4O7. The summed E-state index contributed by atoms with van der Waals surface area (Å²) in [5.74, 6) is -5.46. The number of anilines is 4. The van der Waals surface area contributed by atoms with E-state index in [1.54, 1.807) is 123 Å². The number of nitrogens with two attached hydrogens (primary N) is 1. The number of aliphatic carboxylic acids is 1. The van der Waals surface area contributed by atoms with Crippen molar-refractivity contribution in [1.82, 2.24) is 0 Å². The van der Waals surface area contributed by atoms with Crippen molar-refractivity contribution < 1.29 is 33.8 Å². The van der Waals surface area contributed by atoms with Crippen LogP contribution in [0.1, 0.15) is 32.3 Å². The lowest BCUT2D eigenvalue weighted by Crippen LogP contribution is -2.64. The lowest BCUT2D eigenvalue weighted by molar-refractivity contribution is -0.153. The van der Waals surface area contributed by atoms with Gasteiger partial charge in [-0.15, -0.1) is 0 Å². The van der Waals surface area contributed by atoms with Crippen molar-refractivity contribution in [1.29, 1.82) is 0 Å². The molecule has 1 aliphatic rings. The van der Waals surface area contributed by atoms with E-state index in [2.05, 4.69) is 5.32 Å². The number of hydrogen-bond acceptors (Lipinski definition) is 6. The number of ether oxygens (including phenoxy) is 1. The third-order valence-corrected chi connectivity index (χ3v) is 8.67. The molecule has 2 unspecified atom stereocenters. The van der Waals surface area contributed by atoms with Crippen molar-refractivity contribution in [2.75, 3.05) is 22.2 Å². The number of benzene rings is 4. The van der Waals surface area contributed by atoms with Gasteiger partial charge in [-0.05, 0) is 60.0 Å². The Morgan fingerprint density at radius 2 is 1.38 bits per heavy atom. The monoisotopic (exact) mass is 648 g/mol. The number of carboxylic acid groups (broad SMARTS) is 1. The summed E-state index contributed by atoms with van der Waals surface area (Å²) in [4.78, 5) is 73.5. The Morgan fingerprint density at radius 3 is 1.92 bits per heavy atom. The van der Waals surface area contributed by atoms with E-state index in [4.69, 9.17) is 10.5 Å². The second kappa shape index (κ2) is 13.4. The van der Waals surface area contributed by atoms with Gasteiger partial charge in [0.15, 0.2) is 5.54 Å². The first-order chi connectivity index (χ1) is 23.0. The molecule has 0 saturated carbocycles. The van der Waals surface area contributed by atoms with Crippen molar-refractivity contribution in [2.24, 2.45) is 17.1 Å². The largest absolute Gasteiger partial charge is 0.497 e. The van der Waals surface area contributed by atoms with Gasteiger partial charge in [0, 0.05) is 11.4 Å². The summed E-state index contributed by atoms with van der Waals surface area (Å²) >= 11 is 0. The van der Waals surface area contributed by atoms with Gasteiger partial charge in [-0.2, -0.15) is 0 Å². The number of nitrogens with zero attached hydrogens (tertiary/aromatic N) is 2. The molecule has 0 aromatic heterocycles. The summed E-state index contributed by atoms with van der Waals surface area (Å²) in [6.45, 7) is 3.40. The highest BCUT2D eigenvalue weighted by Crippen LogP contribution is 2.51. The van der Waals surface area contributed by atoms with Crippen LogP contribution in [0.15, 0.2) is 109 Å². The van der Waals surface area contributed by atoms with Gasteiger partial charge in [-0.25, -0.2) is 0 Å². The van der Waals surface area contributed by atoms with Crippen LogP contribution in [0.4, 0.5) is 22.7 Å². The Kier molecular flexibility index (Phi) is 9.33. The van der Waals surface area contributed by atoms with Crippen molar-refractivity contribution in [3.05, 3.63) is 115 Å². The van der Waals surface area contributed by atoms with Gasteiger partial charge < -0.3 is 20.9 Å². The van der Waals surface area contributed by atoms with Crippen LogP contribution in [-0.2, 0) is 29.5 Å². The minimum atomic E-state index is -2.54. The highest BCUT2D eigenvalue weighted by atomic mass is 16.5. The number of hydrogen-bond donors (Lipinski definition) is 3. The van der Waals surface area contributed by atoms with E-state index in [-0.39, 0.29) is 11.4 Å². The van der Waals surface area contributed by atoms with Crippen LogP contribution < -0.4 is 25.6 Å². The van der Waals surface area contributed by atoms with E-state index in [0.717, 1.165) is 4.90 Å².